The zero-order valence-electron chi connectivity index (χ0n) is 9.52. The van der Waals surface area contributed by atoms with Crippen LogP contribution in [0.5, 0.6) is 0 Å². The molecule has 1 aromatic carbocycles. The highest BCUT2D eigenvalue weighted by Gasteiger charge is 2.33. The predicted octanol–water partition coefficient (Wildman–Crippen LogP) is 4.55. The van der Waals surface area contributed by atoms with Crippen LogP contribution in [0.15, 0.2) is 18.2 Å². The van der Waals surface area contributed by atoms with Crippen molar-refractivity contribution in [3.05, 3.63) is 34.3 Å². The van der Waals surface area contributed by atoms with Crippen molar-refractivity contribution in [2.75, 3.05) is 0 Å². The number of alkyl halides is 3. The average molecular weight is 266 g/mol. The summed E-state index contributed by atoms with van der Waals surface area (Å²) in [5.41, 5.74) is 5.50. The van der Waals surface area contributed by atoms with Gasteiger partial charge in [0.05, 0.1) is 10.6 Å². The Morgan fingerprint density at radius 2 is 2.00 bits per heavy atom. The van der Waals surface area contributed by atoms with Crippen LogP contribution < -0.4 is 5.73 Å². The predicted molar refractivity (Wildman–Crippen MR) is 62.9 cm³/mol. The Kier molecular flexibility index (Phi) is 4.83. The van der Waals surface area contributed by atoms with Gasteiger partial charge in [0.15, 0.2) is 0 Å². The maximum absolute atomic E-state index is 12.6. The highest BCUT2D eigenvalue weighted by molar-refractivity contribution is 6.31. The van der Waals surface area contributed by atoms with Crippen LogP contribution >= 0.6 is 11.6 Å². The molecule has 1 rings (SSSR count). The van der Waals surface area contributed by atoms with Crippen molar-refractivity contribution in [3.8, 4) is 0 Å². The lowest BCUT2D eigenvalue weighted by Crippen LogP contribution is -2.13. The molecule has 0 aliphatic rings. The fraction of sp³-hybridized carbons (Fsp3) is 0.500. The van der Waals surface area contributed by atoms with Crippen molar-refractivity contribution in [3.63, 3.8) is 0 Å². The molecule has 0 fully saturated rings. The van der Waals surface area contributed by atoms with Crippen LogP contribution in [-0.4, -0.2) is 0 Å². The summed E-state index contributed by atoms with van der Waals surface area (Å²) < 4.78 is 37.9. The van der Waals surface area contributed by atoms with Gasteiger partial charge in [-0.2, -0.15) is 13.2 Å². The van der Waals surface area contributed by atoms with Crippen molar-refractivity contribution in [1.29, 1.82) is 0 Å². The van der Waals surface area contributed by atoms with Gasteiger partial charge in [0.25, 0.3) is 0 Å². The summed E-state index contributed by atoms with van der Waals surface area (Å²) in [5, 5.41) is -0.288. The molecular weight excluding hydrogens is 251 g/mol. The molecule has 0 saturated heterocycles. The van der Waals surface area contributed by atoms with Gasteiger partial charge in [0, 0.05) is 6.04 Å². The quantitative estimate of drug-likeness (QED) is 0.849. The molecule has 0 radical (unpaired) electrons. The molecule has 1 aromatic rings. The van der Waals surface area contributed by atoms with Gasteiger partial charge < -0.3 is 5.73 Å². The Balaban J connectivity index is 2.96. The summed E-state index contributed by atoms with van der Waals surface area (Å²) in [5.74, 6) is 0. The number of unbranched alkanes of at least 4 members (excludes halogenated alkanes) is 1. The molecule has 0 bridgehead atoms. The lowest BCUT2D eigenvalue weighted by Gasteiger charge is -2.15. The maximum Gasteiger partial charge on any atom is 0.417 e. The number of rotatable bonds is 4. The van der Waals surface area contributed by atoms with E-state index in [0.29, 0.717) is 12.0 Å². The molecule has 0 heterocycles. The van der Waals surface area contributed by atoms with E-state index in [0.717, 1.165) is 18.9 Å². The van der Waals surface area contributed by atoms with Gasteiger partial charge in [-0.15, -0.1) is 0 Å². The van der Waals surface area contributed by atoms with E-state index in [1.165, 1.54) is 6.07 Å². The van der Waals surface area contributed by atoms with E-state index in [1.54, 1.807) is 6.07 Å². The Morgan fingerprint density at radius 1 is 1.35 bits per heavy atom. The number of benzene rings is 1. The molecule has 1 atom stereocenters. The van der Waals surface area contributed by atoms with Gasteiger partial charge in [-0.3, -0.25) is 0 Å². The van der Waals surface area contributed by atoms with Gasteiger partial charge in [-0.1, -0.05) is 37.4 Å². The van der Waals surface area contributed by atoms with Crippen molar-refractivity contribution < 1.29 is 13.2 Å². The highest BCUT2D eigenvalue weighted by Crippen LogP contribution is 2.36. The first-order chi connectivity index (χ1) is 7.86. The molecular formula is C12H15ClF3N. The van der Waals surface area contributed by atoms with Crippen molar-refractivity contribution in [2.45, 2.75) is 38.4 Å². The Labute approximate surface area is 104 Å². The summed E-state index contributed by atoms with van der Waals surface area (Å²) in [6, 6.07) is 3.49. The fourth-order valence-electron chi connectivity index (χ4n) is 1.58. The zero-order valence-corrected chi connectivity index (χ0v) is 10.3. The van der Waals surface area contributed by atoms with Gasteiger partial charge in [0.1, 0.15) is 0 Å². The Morgan fingerprint density at radius 3 is 2.53 bits per heavy atom. The number of hydrogen-bond donors (Lipinski definition) is 1. The second-order valence-corrected chi connectivity index (χ2v) is 4.39. The van der Waals surface area contributed by atoms with E-state index in [1.807, 2.05) is 6.92 Å². The van der Waals surface area contributed by atoms with E-state index in [-0.39, 0.29) is 11.1 Å². The monoisotopic (exact) mass is 265 g/mol. The van der Waals surface area contributed by atoms with Gasteiger partial charge in [0.2, 0.25) is 0 Å². The minimum atomic E-state index is -4.43. The maximum atomic E-state index is 12.6. The Bertz CT molecular complexity index is 377. The second kappa shape index (κ2) is 5.74. The molecule has 0 aromatic heterocycles. The Hall–Kier alpha value is -0.740. The number of nitrogens with two attached hydrogens (primary N) is 1. The molecule has 0 spiro atoms. The van der Waals surface area contributed by atoms with Gasteiger partial charge in [-0.25, -0.2) is 0 Å². The van der Waals surface area contributed by atoms with Crippen LogP contribution in [0.4, 0.5) is 13.2 Å². The lowest BCUT2D eigenvalue weighted by atomic mass is 10.00. The lowest BCUT2D eigenvalue weighted by molar-refractivity contribution is -0.137. The van der Waals surface area contributed by atoms with E-state index >= 15 is 0 Å². The van der Waals surface area contributed by atoms with Crippen LogP contribution in [-0.2, 0) is 6.18 Å². The normalized spacial score (nSPS) is 13.8. The van der Waals surface area contributed by atoms with Crippen LogP contribution in [0.25, 0.3) is 0 Å². The first-order valence-electron chi connectivity index (χ1n) is 5.48. The summed E-state index contributed by atoms with van der Waals surface area (Å²) in [6.45, 7) is 2.01. The number of halogens is 4. The van der Waals surface area contributed by atoms with E-state index in [9.17, 15) is 13.2 Å². The first kappa shape index (κ1) is 14.3. The summed E-state index contributed by atoms with van der Waals surface area (Å²) in [7, 11) is 0. The first-order valence-corrected chi connectivity index (χ1v) is 5.86. The molecule has 0 amide bonds. The third-order valence-electron chi connectivity index (χ3n) is 2.59. The molecule has 0 saturated carbocycles. The van der Waals surface area contributed by atoms with Crippen LogP contribution in [0.3, 0.4) is 0 Å². The average Bonchev–Trinajstić information content (AvgIpc) is 2.25. The molecule has 96 valence electrons. The van der Waals surface area contributed by atoms with Crippen LogP contribution in [0.2, 0.25) is 5.02 Å². The molecule has 2 N–H and O–H groups in total. The number of hydrogen-bond acceptors (Lipinski definition) is 1. The van der Waals surface area contributed by atoms with Crippen LogP contribution in [0.1, 0.15) is 43.4 Å². The molecule has 0 aliphatic heterocycles. The molecule has 0 aliphatic carbocycles. The summed E-state index contributed by atoms with van der Waals surface area (Å²) in [6.07, 6.45) is -1.90. The van der Waals surface area contributed by atoms with Gasteiger partial charge >= 0.3 is 6.18 Å². The van der Waals surface area contributed by atoms with E-state index in [2.05, 4.69) is 0 Å². The molecule has 5 heteroatoms. The molecule has 1 nitrogen and oxygen atoms in total. The minimum absolute atomic E-state index is 0.288. The standard InChI is InChI=1S/C12H15ClF3N/c1-2-3-4-11(17)8-5-6-10(13)9(7-8)12(14,15)16/h5-7,11H,2-4,17H2,1H3/t11-/m1/s1. The summed E-state index contributed by atoms with van der Waals surface area (Å²) >= 11 is 5.53. The molecule has 17 heavy (non-hydrogen) atoms. The van der Waals surface area contributed by atoms with Gasteiger partial charge in [-0.05, 0) is 24.1 Å². The topological polar surface area (TPSA) is 26.0 Å². The third-order valence-corrected chi connectivity index (χ3v) is 2.92. The zero-order chi connectivity index (χ0) is 13.1. The highest BCUT2D eigenvalue weighted by atomic mass is 35.5. The molecule has 0 unspecified atom stereocenters. The van der Waals surface area contributed by atoms with Crippen molar-refractivity contribution in [1.82, 2.24) is 0 Å². The third kappa shape index (κ3) is 3.89. The smallest absolute Gasteiger partial charge is 0.324 e. The minimum Gasteiger partial charge on any atom is -0.324 e. The largest absolute Gasteiger partial charge is 0.417 e. The summed E-state index contributed by atoms with van der Waals surface area (Å²) in [4.78, 5) is 0. The SMILES string of the molecule is CCCC[C@@H](N)c1ccc(Cl)c(C(F)(F)F)c1. The van der Waals surface area contributed by atoms with Crippen molar-refractivity contribution >= 4 is 11.6 Å². The van der Waals surface area contributed by atoms with Crippen molar-refractivity contribution in [2.24, 2.45) is 5.73 Å². The fourth-order valence-corrected chi connectivity index (χ4v) is 1.81. The van der Waals surface area contributed by atoms with E-state index < -0.39 is 11.7 Å². The second-order valence-electron chi connectivity index (χ2n) is 3.99. The van der Waals surface area contributed by atoms with Crippen LogP contribution in [0, 0.1) is 0 Å². The van der Waals surface area contributed by atoms with E-state index in [4.69, 9.17) is 17.3 Å².